The van der Waals surface area contributed by atoms with Crippen LogP contribution in [-0.2, 0) is 19.1 Å². The van der Waals surface area contributed by atoms with Crippen molar-refractivity contribution in [3.05, 3.63) is 0 Å². The van der Waals surface area contributed by atoms with Crippen LogP contribution < -0.4 is 0 Å². The van der Waals surface area contributed by atoms with Gasteiger partial charge in [-0.3, -0.25) is 0 Å². The molecule has 0 fully saturated rings. The molecule has 0 amide bonds. The Morgan fingerprint density at radius 3 is 1.17 bits per heavy atom. The molecule has 0 aliphatic heterocycles. The first-order valence-corrected chi connectivity index (χ1v) is 12.9. The van der Waals surface area contributed by atoms with Crippen LogP contribution in [0.25, 0.3) is 0 Å². The largest absolute Gasteiger partial charge is 0.457 e. The van der Waals surface area contributed by atoms with Gasteiger partial charge in [-0.05, 0) is 37.5 Å². The summed E-state index contributed by atoms with van der Waals surface area (Å²) >= 11 is 0. The first-order valence-electron chi connectivity index (χ1n) is 12.9. The predicted molar refractivity (Wildman–Crippen MR) is 125 cm³/mol. The van der Waals surface area contributed by atoms with Crippen LogP contribution >= 0.6 is 0 Å². The van der Waals surface area contributed by atoms with Crippen molar-refractivity contribution in [1.82, 2.24) is 0 Å². The van der Waals surface area contributed by atoms with Crippen molar-refractivity contribution >= 4 is 11.9 Å². The van der Waals surface area contributed by atoms with Crippen molar-refractivity contribution in [2.75, 3.05) is 13.2 Å². The summed E-state index contributed by atoms with van der Waals surface area (Å²) in [6, 6.07) is 0. The molecule has 4 nitrogen and oxygen atoms in total. The Labute approximate surface area is 186 Å². The van der Waals surface area contributed by atoms with E-state index >= 15 is 0 Å². The molecule has 0 bridgehead atoms. The van der Waals surface area contributed by atoms with Gasteiger partial charge in [-0.15, -0.1) is 0 Å². The van der Waals surface area contributed by atoms with E-state index in [9.17, 15) is 9.59 Å². The molecule has 0 radical (unpaired) electrons. The Bertz CT molecular complexity index is 370. The second-order valence-corrected chi connectivity index (χ2v) is 8.91. The summed E-state index contributed by atoms with van der Waals surface area (Å²) in [4.78, 5) is 24.3. The highest BCUT2D eigenvalue weighted by molar-refractivity contribution is 6.29. The van der Waals surface area contributed by atoms with Gasteiger partial charge < -0.3 is 9.47 Å². The fourth-order valence-corrected chi connectivity index (χ4v) is 3.83. The third kappa shape index (κ3) is 16.7. The number of ether oxygens (including phenoxy) is 2. The van der Waals surface area contributed by atoms with E-state index in [0.29, 0.717) is 25.0 Å². The summed E-state index contributed by atoms with van der Waals surface area (Å²) < 4.78 is 10.7. The molecule has 30 heavy (non-hydrogen) atoms. The van der Waals surface area contributed by atoms with E-state index < -0.39 is 11.9 Å². The number of hydrogen-bond donors (Lipinski definition) is 0. The van der Waals surface area contributed by atoms with Gasteiger partial charge in [0.05, 0.1) is 13.2 Å². The molecule has 0 rings (SSSR count). The molecule has 0 aromatic carbocycles. The lowest BCUT2D eigenvalue weighted by Gasteiger charge is -2.18. The minimum atomic E-state index is -0.815. The summed E-state index contributed by atoms with van der Waals surface area (Å²) in [5.74, 6) is -0.917. The molecule has 0 aliphatic carbocycles. The molecular weight excluding hydrogens is 376 g/mol. The van der Waals surface area contributed by atoms with E-state index in [4.69, 9.17) is 9.47 Å². The van der Waals surface area contributed by atoms with E-state index in [1.54, 1.807) is 0 Å². The summed E-state index contributed by atoms with van der Waals surface area (Å²) in [5, 5.41) is 0. The Balaban J connectivity index is 4.32. The Kier molecular flexibility index (Phi) is 20.4. The van der Waals surface area contributed by atoms with Crippen molar-refractivity contribution in [3.63, 3.8) is 0 Å². The first-order chi connectivity index (χ1) is 14.6. The standard InChI is InChI=1S/C26H50O4/c1-5-9-13-15-19-23(17-11-7-3)21-29-25(27)26(28)30-22-24(18-12-8-4)20-16-14-10-6-2/h23-24H,5-22H2,1-4H3. The van der Waals surface area contributed by atoms with Gasteiger partial charge in [0.2, 0.25) is 0 Å². The van der Waals surface area contributed by atoms with E-state index in [2.05, 4.69) is 27.7 Å². The van der Waals surface area contributed by atoms with Crippen LogP contribution in [0.2, 0.25) is 0 Å². The van der Waals surface area contributed by atoms with Crippen LogP contribution in [0.15, 0.2) is 0 Å². The smallest absolute Gasteiger partial charge is 0.417 e. The van der Waals surface area contributed by atoms with E-state index in [1.807, 2.05) is 0 Å². The topological polar surface area (TPSA) is 52.6 Å². The zero-order valence-electron chi connectivity index (χ0n) is 20.5. The molecule has 0 saturated carbocycles. The fraction of sp³-hybridized carbons (Fsp3) is 0.923. The van der Waals surface area contributed by atoms with Gasteiger partial charge in [0.1, 0.15) is 0 Å². The van der Waals surface area contributed by atoms with Crippen molar-refractivity contribution in [3.8, 4) is 0 Å². The second kappa shape index (κ2) is 21.2. The number of hydrogen-bond acceptors (Lipinski definition) is 4. The number of unbranched alkanes of at least 4 members (excludes halogenated alkanes) is 8. The van der Waals surface area contributed by atoms with Gasteiger partial charge in [0.25, 0.3) is 0 Å². The van der Waals surface area contributed by atoms with E-state index in [0.717, 1.165) is 51.4 Å². The summed E-state index contributed by atoms with van der Waals surface area (Å²) in [7, 11) is 0. The number of rotatable bonds is 20. The third-order valence-electron chi connectivity index (χ3n) is 5.93. The van der Waals surface area contributed by atoms with E-state index in [1.165, 1.54) is 51.4 Å². The first kappa shape index (κ1) is 28.9. The van der Waals surface area contributed by atoms with Gasteiger partial charge >= 0.3 is 11.9 Å². The Hall–Kier alpha value is -1.06. The van der Waals surface area contributed by atoms with Crippen LogP contribution in [0.1, 0.15) is 130 Å². The minimum absolute atomic E-state index is 0.344. The molecule has 0 aromatic rings. The summed E-state index contributed by atoms with van der Waals surface area (Å²) in [6.45, 7) is 9.45. The monoisotopic (exact) mass is 426 g/mol. The molecule has 178 valence electrons. The average molecular weight is 427 g/mol. The zero-order chi connectivity index (χ0) is 22.5. The maximum Gasteiger partial charge on any atom is 0.417 e. The van der Waals surface area contributed by atoms with Gasteiger partial charge in [0.15, 0.2) is 0 Å². The summed E-state index contributed by atoms with van der Waals surface area (Å²) in [5.41, 5.74) is 0. The molecular formula is C26H50O4. The molecule has 4 heteroatoms. The van der Waals surface area contributed by atoms with Crippen LogP contribution in [0, 0.1) is 11.8 Å². The van der Waals surface area contributed by atoms with Crippen molar-refractivity contribution in [2.24, 2.45) is 11.8 Å². The molecule has 0 N–H and O–H groups in total. The summed E-state index contributed by atoms with van der Waals surface area (Å²) in [6.07, 6.45) is 18.5. The number of carbonyl (C=O) groups excluding carboxylic acids is 2. The van der Waals surface area contributed by atoms with Gasteiger partial charge in [-0.25, -0.2) is 9.59 Å². The van der Waals surface area contributed by atoms with Gasteiger partial charge in [0, 0.05) is 0 Å². The van der Waals surface area contributed by atoms with Crippen LogP contribution in [0.5, 0.6) is 0 Å². The van der Waals surface area contributed by atoms with Crippen LogP contribution in [0.4, 0.5) is 0 Å². The quantitative estimate of drug-likeness (QED) is 0.114. The third-order valence-corrected chi connectivity index (χ3v) is 5.93. The lowest BCUT2D eigenvalue weighted by atomic mass is 9.96. The fourth-order valence-electron chi connectivity index (χ4n) is 3.83. The molecule has 0 heterocycles. The second-order valence-electron chi connectivity index (χ2n) is 8.91. The highest BCUT2D eigenvalue weighted by Gasteiger charge is 2.21. The molecule has 0 saturated heterocycles. The predicted octanol–water partition coefficient (Wildman–Crippen LogP) is 7.63. The maximum atomic E-state index is 12.1. The highest BCUT2D eigenvalue weighted by atomic mass is 16.6. The van der Waals surface area contributed by atoms with E-state index in [-0.39, 0.29) is 0 Å². The van der Waals surface area contributed by atoms with Crippen LogP contribution in [-0.4, -0.2) is 25.2 Å². The van der Waals surface area contributed by atoms with Crippen molar-refractivity contribution < 1.29 is 19.1 Å². The SMILES string of the molecule is CCCCCCC(CCCC)COC(=O)C(=O)OCC(CCCC)CCCCCC. The normalized spacial score (nSPS) is 13.1. The number of esters is 2. The van der Waals surface area contributed by atoms with Gasteiger partial charge in [-0.1, -0.05) is 105 Å². The Morgan fingerprint density at radius 2 is 0.833 bits per heavy atom. The minimum Gasteiger partial charge on any atom is -0.457 e. The maximum absolute atomic E-state index is 12.1. The van der Waals surface area contributed by atoms with Crippen LogP contribution in [0.3, 0.4) is 0 Å². The van der Waals surface area contributed by atoms with Crippen molar-refractivity contribution in [1.29, 1.82) is 0 Å². The average Bonchev–Trinajstić information content (AvgIpc) is 2.76. The molecule has 2 unspecified atom stereocenters. The molecule has 2 atom stereocenters. The lowest BCUT2D eigenvalue weighted by molar-refractivity contribution is -0.169. The van der Waals surface area contributed by atoms with Crippen molar-refractivity contribution in [2.45, 2.75) is 130 Å². The van der Waals surface area contributed by atoms with Gasteiger partial charge in [-0.2, -0.15) is 0 Å². The zero-order valence-corrected chi connectivity index (χ0v) is 20.5. The highest BCUT2D eigenvalue weighted by Crippen LogP contribution is 2.19. The molecule has 0 aliphatic rings. The molecule has 0 aromatic heterocycles. The Morgan fingerprint density at radius 1 is 0.500 bits per heavy atom. The molecule has 0 spiro atoms. The number of carbonyl (C=O) groups is 2. The lowest BCUT2D eigenvalue weighted by Crippen LogP contribution is -2.25.